The van der Waals surface area contributed by atoms with Gasteiger partial charge in [0.15, 0.2) is 0 Å². The third kappa shape index (κ3) is 2.37. The molecule has 1 fully saturated rings. The van der Waals surface area contributed by atoms with Gasteiger partial charge in [-0.25, -0.2) is 0 Å². The number of ketones is 1. The minimum absolute atomic E-state index is 0.0603. The molecular weight excluding hydrogens is 190 g/mol. The van der Waals surface area contributed by atoms with Crippen molar-refractivity contribution in [1.29, 1.82) is 0 Å². The topological polar surface area (TPSA) is 54.5 Å². The van der Waals surface area contributed by atoms with E-state index in [0.29, 0.717) is 19.5 Å². The first-order valence-electron chi connectivity index (χ1n) is 4.16. The fourth-order valence-electron chi connectivity index (χ4n) is 1.21. The molecule has 0 spiro atoms. The molecule has 74 valence electrons. The molecule has 4 nitrogen and oxygen atoms in total. The van der Waals surface area contributed by atoms with Crippen molar-refractivity contribution in [3.05, 3.63) is 0 Å². The molecular formula is C8H13NO3S. The summed E-state index contributed by atoms with van der Waals surface area (Å²) < 4.78 is 11.0. The number of nitrogens with zero attached hydrogens (tertiary/aromatic N) is 1. The van der Waals surface area contributed by atoms with E-state index < -0.39 is 16.7 Å². The number of amides is 1. The first-order valence-corrected chi connectivity index (χ1v) is 5.79. The van der Waals surface area contributed by atoms with Crippen molar-refractivity contribution in [2.24, 2.45) is 0 Å². The van der Waals surface area contributed by atoms with Crippen LogP contribution < -0.4 is 0 Å². The lowest BCUT2D eigenvalue weighted by Crippen LogP contribution is -2.35. The largest absolute Gasteiger partial charge is 0.334 e. The van der Waals surface area contributed by atoms with Gasteiger partial charge < -0.3 is 4.90 Å². The summed E-state index contributed by atoms with van der Waals surface area (Å²) in [6, 6.07) is 0. The van der Waals surface area contributed by atoms with Crippen LogP contribution in [0.3, 0.4) is 0 Å². The van der Waals surface area contributed by atoms with E-state index in [4.69, 9.17) is 0 Å². The molecule has 1 saturated heterocycles. The van der Waals surface area contributed by atoms with Gasteiger partial charge in [0.25, 0.3) is 5.91 Å². The normalized spacial score (nSPS) is 22.2. The zero-order chi connectivity index (χ0) is 10.0. The van der Waals surface area contributed by atoms with Crippen LogP contribution in [0.1, 0.15) is 13.3 Å². The zero-order valence-electron chi connectivity index (χ0n) is 7.78. The Kier molecular flexibility index (Phi) is 3.19. The van der Waals surface area contributed by atoms with Gasteiger partial charge in [-0.15, -0.1) is 0 Å². The average Bonchev–Trinajstić information content (AvgIpc) is 2.36. The summed E-state index contributed by atoms with van der Waals surface area (Å²) in [6.07, 6.45) is 1.91. The lowest BCUT2D eigenvalue weighted by atomic mass is 10.3. The minimum Gasteiger partial charge on any atom is -0.334 e. The average molecular weight is 203 g/mol. The minimum atomic E-state index is -0.938. The quantitative estimate of drug-likeness (QED) is 0.584. The van der Waals surface area contributed by atoms with E-state index in [1.807, 2.05) is 6.92 Å². The Hall–Kier alpha value is -0.710. The van der Waals surface area contributed by atoms with Gasteiger partial charge in [0.2, 0.25) is 5.78 Å². The van der Waals surface area contributed by atoms with E-state index >= 15 is 0 Å². The van der Waals surface area contributed by atoms with Gasteiger partial charge in [0, 0.05) is 41.8 Å². The van der Waals surface area contributed by atoms with E-state index in [9.17, 15) is 13.8 Å². The Morgan fingerprint density at radius 3 is 2.54 bits per heavy atom. The molecule has 0 aliphatic carbocycles. The summed E-state index contributed by atoms with van der Waals surface area (Å²) in [5.74, 6) is -0.744. The molecule has 2 unspecified atom stereocenters. The van der Waals surface area contributed by atoms with Crippen LogP contribution in [0.25, 0.3) is 0 Å². The standard InChI is InChI=1S/C8H13NO3S/c1-6(13(2)12)5-9-4-3-7(10)8(9)11/h6H,3-5H2,1-2H3. The molecule has 0 bridgehead atoms. The lowest BCUT2D eigenvalue weighted by molar-refractivity contribution is -0.139. The van der Waals surface area contributed by atoms with Gasteiger partial charge >= 0.3 is 0 Å². The monoisotopic (exact) mass is 203 g/mol. The van der Waals surface area contributed by atoms with Crippen LogP contribution in [0, 0.1) is 0 Å². The molecule has 5 heteroatoms. The summed E-state index contributed by atoms with van der Waals surface area (Å²) in [5, 5.41) is -0.0603. The zero-order valence-corrected chi connectivity index (χ0v) is 8.60. The van der Waals surface area contributed by atoms with E-state index in [-0.39, 0.29) is 11.0 Å². The van der Waals surface area contributed by atoms with Gasteiger partial charge in [-0.2, -0.15) is 0 Å². The second kappa shape index (κ2) is 4.00. The van der Waals surface area contributed by atoms with Crippen LogP contribution in [-0.2, 0) is 20.4 Å². The maximum Gasteiger partial charge on any atom is 0.290 e. The summed E-state index contributed by atoms with van der Waals surface area (Å²) in [6.45, 7) is 2.72. The summed E-state index contributed by atoms with van der Waals surface area (Å²) in [5.41, 5.74) is 0. The number of carbonyl (C=O) groups is 2. The first kappa shape index (κ1) is 10.4. The van der Waals surface area contributed by atoms with Crippen molar-refractivity contribution in [3.8, 4) is 0 Å². The molecule has 13 heavy (non-hydrogen) atoms. The maximum absolute atomic E-state index is 11.1. The number of Topliss-reactive ketones (excluding diaryl/α,β-unsaturated/α-hetero) is 1. The highest BCUT2D eigenvalue weighted by Crippen LogP contribution is 2.08. The van der Waals surface area contributed by atoms with E-state index in [1.54, 1.807) is 6.26 Å². The number of carbonyl (C=O) groups excluding carboxylic acids is 2. The molecule has 0 aromatic heterocycles. The summed E-state index contributed by atoms with van der Waals surface area (Å²) >= 11 is 0. The molecule has 2 atom stereocenters. The predicted molar refractivity (Wildman–Crippen MR) is 49.7 cm³/mol. The molecule has 1 aliphatic heterocycles. The molecule has 0 N–H and O–H groups in total. The van der Waals surface area contributed by atoms with Crippen molar-refractivity contribution < 1.29 is 13.8 Å². The molecule has 1 rings (SSSR count). The Bertz CT molecular complexity index is 264. The summed E-state index contributed by atoms with van der Waals surface area (Å²) in [4.78, 5) is 23.5. The predicted octanol–water partition coefficient (Wildman–Crippen LogP) is -0.445. The maximum atomic E-state index is 11.1. The molecule has 1 amide bonds. The Balaban J connectivity index is 2.51. The van der Waals surface area contributed by atoms with Crippen molar-refractivity contribution >= 4 is 22.5 Å². The summed E-state index contributed by atoms with van der Waals surface area (Å²) in [7, 11) is -0.938. The van der Waals surface area contributed by atoms with Crippen LogP contribution in [0.4, 0.5) is 0 Å². The molecule has 0 aromatic rings. The molecule has 1 heterocycles. The fraction of sp³-hybridized carbons (Fsp3) is 0.750. The fourth-order valence-corrected chi connectivity index (χ4v) is 1.60. The van der Waals surface area contributed by atoms with Crippen LogP contribution in [0.15, 0.2) is 0 Å². The van der Waals surface area contributed by atoms with E-state index in [0.717, 1.165) is 0 Å². The van der Waals surface area contributed by atoms with Crippen molar-refractivity contribution in [3.63, 3.8) is 0 Å². The van der Waals surface area contributed by atoms with Crippen molar-refractivity contribution in [2.45, 2.75) is 18.6 Å². The third-order valence-electron chi connectivity index (χ3n) is 2.18. The highest BCUT2D eigenvalue weighted by Gasteiger charge is 2.30. The molecule has 0 radical (unpaired) electrons. The van der Waals surface area contributed by atoms with Crippen molar-refractivity contribution in [2.75, 3.05) is 19.3 Å². The van der Waals surface area contributed by atoms with Gasteiger partial charge in [0.05, 0.1) is 0 Å². The Morgan fingerprint density at radius 2 is 2.15 bits per heavy atom. The van der Waals surface area contributed by atoms with Gasteiger partial charge in [-0.3, -0.25) is 13.8 Å². The molecule has 1 aliphatic rings. The highest BCUT2D eigenvalue weighted by atomic mass is 32.2. The van der Waals surface area contributed by atoms with Gasteiger partial charge in [-0.1, -0.05) is 0 Å². The molecule has 0 aromatic carbocycles. The number of hydrogen-bond donors (Lipinski definition) is 0. The first-order chi connectivity index (χ1) is 6.02. The smallest absolute Gasteiger partial charge is 0.290 e. The van der Waals surface area contributed by atoms with Crippen LogP contribution >= 0.6 is 0 Å². The van der Waals surface area contributed by atoms with Crippen LogP contribution in [-0.4, -0.2) is 45.4 Å². The highest BCUT2D eigenvalue weighted by molar-refractivity contribution is 7.84. The number of hydrogen-bond acceptors (Lipinski definition) is 3. The third-order valence-corrected chi connectivity index (χ3v) is 3.46. The van der Waals surface area contributed by atoms with Gasteiger partial charge in [0.1, 0.15) is 0 Å². The molecule has 0 saturated carbocycles. The van der Waals surface area contributed by atoms with E-state index in [2.05, 4.69) is 0 Å². The second-order valence-electron chi connectivity index (χ2n) is 3.23. The number of rotatable bonds is 3. The number of likely N-dealkylation sites (tertiary alicyclic amines) is 1. The van der Waals surface area contributed by atoms with E-state index in [1.165, 1.54) is 4.90 Å². The van der Waals surface area contributed by atoms with Gasteiger partial charge in [-0.05, 0) is 6.92 Å². The van der Waals surface area contributed by atoms with Crippen molar-refractivity contribution in [1.82, 2.24) is 4.90 Å². The van der Waals surface area contributed by atoms with Crippen LogP contribution in [0.5, 0.6) is 0 Å². The Labute approximate surface area is 79.7 Å². The van der Waals surface area contributed by atoms with Crippen LogP contribution in [0.2, 0.25) is 0 Å². The Morgan fingerprint density at radius 1 is 1.54 bits per heavy atom. The SMILES string of the molecule is CC(CN1CCC(=O)C1=O)S(C)=O. The second-order valence-corrected chi connectivity index (χ2v) is 5.04. The lowest BCUT2D eigenvalue weighted by Gasteiger charge is -2.17.